The summed E-state index contributed by atoms with van der Waals surface area (Å²) in [5.41, 5.74) is 1.11. The number of imidazole rings is 2. The van der Waals surface area contributed by atoms with Crippen molar-refractivity contribution < 1.29 is 18.7 Å². The molecule has 10 heteroatoms. The molecule has 0 aliphatic carbocycles. The number of aryl methyl sites for hydroxylation is 2. The fourth-order valence-corrected chi connectivity index (χ4v) is 2.38. The van der Waals surface area contributed by atoms with E-state index in [0.29, 0.717) is 0 Å². The molecular weight excluding hydrogens is 355 g/mol. The van der Waals surface area contributed by atoms with E-state index in [-0.39, 0.29) is 28.8 Å². The van der Waals surface area contributed by atoms with E-state index in [0.717, 1.165) is 11.4 Å². The first-order valence-corrected chi connectivity index (χ1v) is 7.92. The molecule has 2 aromatic heterocycles. The molecule has 0 aliphatic heterocycles. The third-order valence-electron chi connectivity index (χ3n) is 3.88. The Morgan fingerprint density at radius 3 is 2.63 bits per heavy atom. The van der Waals surface area contributed by atoms with E-state index in [1.807, 2.05) is 6.92 Å². The molecule has 0 saturated carbocycles. The van der Waals surface area contributed by atoms with E-state index < -0.39 is 17.6 Å². The van der Waals surface area contributed by atoms with E-state index in [9.17, 15) is 14.0 Å². The molecule has 0 saturated heterocycles. The molecule has 3 rings (SSSR count). The highest BCUT2D eigenvalue weighted by molar-refractivity contribution is 6.13. The van der Waals surface area contributed by atoms with Gasteiger partial charge in [-0.2, -0.15) is 0 Å². The first kappa shape index (κ1) is 18.1. The maximum absolute atomic E-state index is 14.0. The maximum atomic E-state index is 14.0. The quantitative estimate of drug-likeness (QED) is 0.547. The first-order valence-electron chi connectivity index (χ1n) is 7.92. The molecule has 0 spiro atoms. The van der Waals surface area contributed by atoms with Crippen molar-refractivity contribution in [3.05, 3.63) is 53.1 Å². The van der Waals surface area contributed by atoms with Crippen molar-refractivity contribution in [3.8, 4) is 5.75 Å². The molecule has 140 valence electrons. The number of nitrogens with one attached hydrogen (secondary N) is 4. The number of nitrogens with zero attached hydrogens (tertiary/aromatic N) is 2. The van der Waals surface area contributed by atoms with Gasteiger partial charge in [0.1, 0.15) is 17.1 Å². The van der Waals surface area contributed by atoms with Crippen molar-refractivity contribution in [2.45, 2.75) is 13.8 Å². The second kappa shape index (κ2) is 7.28. The van der Waals surface area contributed by atoms with Crippen molar-refractivity contribution in [3.63, 3.8) is 0 Å². The second-order valence-corrected chi connectivity index (χ2v) is 5.65. The van der Waals surface area contributed by atoms with Crippen LogP contribution in [0.25, 0.3) is 0 Å². The van der Waals surface area contributed by atoms with Crippen LogP contribution in [0.1, 0.15) is 32.4 Å². The van der Waals surface area contributed by atoms with Gasteiger partial charge in [-0.25, -0.2) is 14.4 Å². The van der Waals surface area contributed by atoms with Crippen molar-refractivity contribution in [1.82, 2.24) is 19.9 Å². The van der Waals surface area contributed by atoms with Gasteiger partial charge in [0, 0.05) is 5.69 Å². The van der Waals surface area contributed by atoms with Crippen LogP contribution in [0, 0.1) is 19.7 Å². The van der Waals surface area contributed by atoms with Crippen molar-refractivity contribution in [1.29, 1.82) is 0 Å². The first-order chi connectivity index (χ1) is 12.9. The molecule has 2 heterocycles. The zero-order valence-electron chi connectivity index (χ0n) is 14.8. The Morgan fingerprint density at radius 1 is 1.19 bits per heavy atom. The molecular formula is C17H17FN6O3. The Bertz CT molecular complexity index is 991. The number of H-pyrrole nitrogens is 2. The van der Waals surface area contributed by atoms with E-state index in [1.165, 1.54) is 31.6 Å². The number of carbonyl (C=O) groups is 2. The van der Waals surface area contributed by atoms with Gasteiger partial charge < -0.3 is 20.0 Å². The summed E-state index contributed by atoms with van der Waals surface area (Å²) in [6.07, 6.45) is 1.20. The number of ether oxygens (including phenoxy) is 1. The number of halogens is 1. The maximum Gasteiger partial charge on any atom is 0.276 e. The topological polar surface area (TPSA) is 125 Å². The van der Waals surface area contributed by atoms with Crippen LogP contribution >= 0.6 is 0 Å². The summed E-state index contributed by atoms with van der Waals surface area (Å²) in [4.78, 5) is 38.5. The van der Waals surface area contributed by atoms with Gasteiger partial charge >= 0.3 is 0 Å². The molecule has 27 heavy (non-hydrogen) atoms. The Hall–Kier alpha value is -3.69. The van der Waals surface area contributed by atoms with Crippen molar-refractivity contribution in [2.75, 3.05) is 17.7 Å². The summed E-state index contributed by atoms with van der Waals surface area (Å²) in [7, 11) is 1.35. The average molecular weight is 372 g/mol. The largest absolute Gasteiger partial charge is 0.494 e. The Morgan fingerprint density at radius 2 is 1.96 bits per heavy atom. The van der Waals surface area contributed by atoms with Crippen LogP contribution in [0.5, 0.6) is 5.75 Å². The third-order valence-corrected chi connectivity index (χ3v) is 3.88. The Labute approximate surface area is 153 Å². The van der Waals surface area contributed by atoms with Crippen LogP contribution in [0.2, 0.25) is 0 Å². The minimum atomic E-state index is -0.767. The fraction of sp³-hybridized carbons (Fsp3) is 0.176. The standard InChI is InChI=1S/C17H17FN6O3/c1-8-9(2)22-17(21-8)24-16(26)14-13(19-7-20-14)15(25)23-12-10(18)5-4-6-11(12)27-3/h4-7H,1-3H3,(H,19,20)(H,23,25)(H2,21,22,24,26). The number of hydrogen-bond donors (Lipinski definition) is 4. The highest BCUT2D eigenvalue weighted by atomic mass is 19.1. The third kappa shape index (κ3) is 3.64. The number of anilines is 2. The van der Waals surface area contributed by atoms with Gasteiger partial charge in [0.25, 0.3) is 11.8 Å². The lowest BCUT2D eigenvalue weighted by Crippen LogP contribution is -2.21. The fourth-order valence-electron chi connectivity index (χ4n) is 2.38. The lowest BCUT2D eigenvalue weighted by Gasteiger charge is -2.10. The van der Waals surface area contributed by atoms with Crippen LogP contribution < -0.4 is 15.4 Å². The van der Waals surface area contributed by atoms with Crippen LogP contribution in [-0.4, -0.2) is 38.9 Å². The monoisotopic (exact) mass is 372 g/mol. The Balaban J connectivity index is 1.82. The number of aromatic amines is 2. The molecule has 0 bridgehead atoms. The van der Waals surface area contributed by atoms with E-state index >= 15 is 0 Å². The summed E-state index contributed by atoms with van der Waals surface area (Å²) in [5, 5.41) is 4.92. The van der Waals surface area contributed by atoms with Gasteiger partial charge in [-0.15, -0.1) is 0 Å². The van der Waals surface area contributed by atoms with Crippen LogP contribution in [0.3, 0.4) is 0 Å². The summed E-state index contributed by atoms with van der Waals surface area (Å²) < 4.78 is 19.1. The highest BCUT2D eigenvalue weighted by Crippen LogP contribution is 2.27. The average Bonchev–Trinajstić information content (AvgIpc) is 3.23. The minimum Gasteiger partial charge on any atom is -0.494 e. The molecule has 1 aromatic carbocycles. The SMILES string of the molecule is COc1cccc(F)c1NC(=O)c1nc[nH]c1C(=O)Nc1nc(C)c(C)[nH]1. The van der Waals surface area contributed by atoms with Gasteiger partial charge in [-0.3, -0.25) is 14.9 Å². The number of carbonyl (C=O) groups excluding carboxylic acids is 2. The van der Waals surface area contributed by atoms with Crippen LogP contribution in [-0.2, 0) is 0 Å². The smallest absolute Gasteiger partial charge is 0.276 e. The number of methoxy groups -OCH3 is 1. The predicted molar refractivity (Wildman–Crippen MR) is 95.5 cm³/mol. The minimum absolute atomic E-state index is 0.0884. The van der Waals surface area contributed by atoms with Gasteiger partial charge in [-0.05, 0) is 26.0 Å². The molecule has 0 atom stereocenters. The lowest BCUT2D eigenvalue weighted by molar-refractivity contribution is 0.0985. The van der Waals surface area contributed by atoms with Crippen molar-refractivity contribution in [2.24, 2.45) is 0 Å². The summed E-state index contributed by atoms with van der Waals surface area (Å²) in [6.45, 7) is 3.60. The molecule has 0 aliphatic rings. The van der Waals surface area contributed by atoms with Crippen LogP contribution in [0.4, 0.5) is 16.0 Å². The zero-order valence-corrected chi connectivity index (χ0v) is 14.8. The van der Waals surface area contributed by atoms with Gasteiger partial charge in [-0.1, -0.05) is 6.07 Å². The molecule has 9 nitrogen and oxygen atoms in total. The number of aromatic nitrogens is 4. The van der Waals surface area contributed by atoms with E-state index in [4.69, 9.17) is 4.74 Å². The van der Waals surface area contributed by atoms with E-state index in [2.05, 4.69) is 30.6 Å². The molecule has 2 amide bonds. The van der Waals surface area contributed by atoms with E-state index in [1.54, 1.807) is 6.92 Å². The number of hydrogen-bond acceptors (Lipinski definition) is 5. The molecule has 0 fully saturated rings. The number of benzene rings is 1. The normalized spacial score (nSPS) is 10.5. The van der Waals surface area contributed by atoms with Crippen molar-refractivity contribution >= 4 is 23.5 Å². The predicted octanol–water partition coefficient (Wildman–Crippen LogP) is 2.40. The molecule has 0 radical (unpaired) electrons. The molecule has 3 aromatic rings. The highest BCUT2D eigenvalue weighted by Gasteiger charge is 2.23. The second-order valence-electron chi connectivity index (χ2n) is 5.65. The zero-order chi connectivity index (χ0) is 19.6. The van der Waals surface area contributed by atoms with Gasteiger partial charge in [0.05, 0.1) is 19.1 Å². The number of amides is 2. The van der Waals surface area contributed by atoms with Crippen LogP contribution in [0.15, 0.2) is 24.5 Å². The van der Waals surface area contributed by atoms with Gasteiger partial charge in [0.15, 0.2) is 11.5 Å². The summed E-state index contributed by atoms with van der Waals surface area (Å²) in [6, 6.07) is 4.13. The Kier molecular flexibility index (Phi) is 4.88. The van der Waals surface area contributed by atoms with Gasteiger partial charge in [0.2, 0.25) is 5.95 Å². The lowest BCUT2D eigenvalue weighted by atomic mass is 10.2. The summed E-state index contributed by atoms with van der Waals surface area (Å²) >= 11 is 0. The molecule has 4 N–H and O–H groups in total. The molecule has 0 unspecified atom stereocenters. The summed E-state index contributed by atoms with van der Waals surface area (Å²) in [5.74, 6) is -1.67. The number of para-hydroxylation sites is 1. The number of rotatable bonds is 5.